The molecule has 0 aliphatic rings. The Labute approximate surface area is 223 Å². The van der Waals surface area contributed by atoms with Crippen LogP contribution in [-0.2, 0) is 17.8 Å². The van der Waals surface area contributed by atoms with Crippen LogP contribution in [0.4, 0.5) is 5.69 Å². The van der Waals surface area contributed by atoms with Gasteiger partial charge in [0.1, 0.15) is 5.82 Å². The Morgan fingerprint density at radius 1 is 1.00 bits per heavy atom. The van der Waals surface area contributed by atoms with Crippen molar-refractivity contribution >= 4 is 28.6 Å². The van der Waals surface area contributed by atoms with E-state index >= 15 is 0 Å². The maximum Gasteiger partial charge on any atom is 0.336 e. The molecule has 1 aromatic heterocycles. The molecule has 0 saturated carbocycles. The summed E-state index contributed by atoms with van der Waals surface area (Å²) in [6, 6.07) is 19.2. The third-order valence-corrected chi connectivity index (χ3v) is 6.67. The molecule has 1 heterocycles. The third kappa shape index (κ3) is 6.22. The standard InChI is InChI=1S/C31H36N4O3/c1-4-6-16-32-29(36)19-33-24-17-21(3)30-27(18-24)35(28(34-30)9-5-2)20-22-12-14-23(15-13-22)25-10-7-8-11-26(25)31(37)38/h7-8,10-15,17-18,33H,4-6,9,16,19-20H2,1-3H3,(H,32,36)(H,37,38). The van der Waals surface area contributed by atoms with Crippen LogP contribution in [0.25, 0.3) is 22.2 Å². The lowest BCUT2D eigenvalue weighted by Crippen LogP contribution is -2.30. The van der Waals surface area contributed by atoms with Gasteiger partial charge in [-0.25, -0.2) is 9.78 Å². The second-order valence-electron chi connectivity index (χ2n) is 9.63. The van der Waals surface area contributed by atoms with Crippen LogP contribution in [0.2, 0.25) is 0 Å². The number of unbranched alkanes of at least 4 members (excludes halogenated alkanes) is 1. The molecule has 0 spiro atoms. The number of imidazole rings is 1. The summed E-state index contributed by atoms with van der Waals surface area (Å²) in [5, 5.41) is 15.8. The summed E-state index contributed by atoms with van der Waals surface area (Å²) in [4.78, 5) is 28.8. The Morgan fingerprint density at radius 3 is 2.47 bits per heavy atom. The molecule has 4 rings (SSSR count). The first-order chi connectivity index (χ1) is 18.4. The number of amides is 1. The number of carbonyl (C=O) groups is 2. The molecule has 1 amide bonds. The molecule has 0 saturated heterocycles. The van der Waals surface area contributed by atoms with Crippen molar-refractivity contribution in [3.63, 3.8) is 0 Å². The van der Waals surface area contributed by atoms with Gasteiger partial charge >= 0.3 is 5.97 Å². The van der Waals surface area contributed by atoms with E-state index in [2.05, 4.69) is 42.0 Å². The number of nitrogens with one attached hydrogen (secondary N) is 2. The van der Waals surface area contributed by atoms with Crippen molar-refractivity contribution in [2.75, 3.05) is 18.4 Å². The van der Waals surface area contributed by atoms with Crippen LogP contribution >= 0.6 is 0 Å². The van der Waals surface area contributed by atoms with Crippen LogP contribution in [0.1, 0.15) is 60.4 Å². The van der Waals surface area contributed by atoms with Gasteiger partial charge in [0.2, 0.25) is 5.91 Å². The van der Waals surface area contributed by atoms with Gasteiger partial charge in [0.05, 0.1) is 23.1 Å². The van der Waals surface area contributed by atoms with Crippen molar-refractivity contribution in [1.29, 1.82) is 0 Å². The van der Waals surface area contributed by atoms with Crippen molar-refractivity contribution in [1.82, 2.24) is 14.9 Å². The molecule has 0 atom stereocenters. The van der Waals surface area contributed by atoms with Crippen LogP contribution in [-0.4, -0.2) is 39.6 Å². The molecule has 38 heavy (non-hydrogen) atoms. The zero-order valence-corrected chi connectivity index (χ0v) is 22.4. The lowest BCUT2D eigenvalue weighted by atomic mass is 9.99. The van der Waals surface area contributed by atoms with Crippen LogP contribution < -0.4 is 10.6 Å². The van der Waals surface area contributed by atoms with Crippen LogP contribution in [0, 0.1) is 6.92 Å². The zero-order chi connectivity index (χ0) is 27.1. The van der Waals surface area contributed by atoms with Crippen molar-refractivity contribution in [2.24, 2.45) is 0 Å². The summed E-state index contributed by atoms with van der Waals surface area (Å²) < 4.78 is 2.25. The molecule has 3 N–H and O–H groups in total. The minimum atomic E-state index is -0.933. The topological polar surface area (TPSA) is 96.3 Å². The highest BCUT2D eigenvalue weighted by atomic mass is 16.4. The molecule has 7 heteroatoms. The number of hydrogen-bond acceptors (Lipinski definition) is 4. The van der Waals surface area contributed by atoms with Crippen LogP contribution in [0.15, 0.2) is 60.7 Å². The predicted octanol–water partition coefficient (Wildman–Crippen LogP) is 6.04. The number of aryl methyl sites for hydroxylation is 2. The maximum absolute atomic E-state index is 12.2. The van der Waals surface area contributed by atoms with E-state index in [1.54, 1.807) is 12.1 Å². The molecule has 7 nitrogen and oxygen atoms in total. The van der Waals surface area contributed by atoms with Gasteiger partial charge in [0, 0.05) is 25.2 Å². The van der Waals surface area contributed by atoms with Gasteiger partial charge in [-0.1, -0.05) is 62.7 Å². The number of fused-ring (bicyclic) bond motifs is 1. The molecule has 0 unspecified atom stereocenters. The monoisotopic (exact) mass is 512 g/mol. The van der Waals surface area contributed by atoms with E-state index < -0.39 is 5.97 Å². The number of aromatic carboxylic acids is 1. The molecule has 0 aliphatic carbocycles. The van der Waals surface area contributed by atoms with Gasteiger partial charge < -0.3 is 20.3 Å². The molecule has 0 fully saturated rings. The summed E-state index contributed by atoms with van der Waals surface area (Å²) in [5.41, 5.74) is 6.93. The first-order valence-electron chi connectivity index (χ1n) is 13.3. The van der Waals surface area contributed by atoms with E-state index in [1.165, 1.54) is 0 Å². The average Bonchev–Trinajstić information content (AvgIpc) is 3.25. The van der Waals surface area contributed by atoms with Gasteiger partial charge in [0.25, 0.3) is 0 Å². The number of hydrogen-bond donors (Lipinski definition) is 3. The van der Waals surface area contributed by atoms with Crippen LogP contribution in [0.3, 0.4) is 0 Å². The summed E-state index contributed by atoms with van der Waals surface area (Å²) in [5.74, 6) is 0.0818. The SMILES string of the molecule is CCCCNC(=O)CNc1cc(C)c2nc(CCC)n(Cc3ccc(-c4ccccc4C(=O)O)cc3)c2c1. The number of benzene rings is 3. The van der Waals surface area contributed by atoms with E-state index in [9.17, 15) is 14.7 Å². The Bertz CT molecular complexity index is 1420. The third-order valence-electron chi connectivity index (χ3n) is 6.67. The first kappa shape index (κ1) is 26.9. The minimum Gasteiger partial charge on any atom is -0.478 e. The lowest BCUT2D eigenvalue weighted by molar-refractivity contribution is -0.119. The van der Waals surface area contributed by atoms with E-state index in [0.717, 1.165) is 64.9 Å². The Hall–Kier alpha value is -4.13. The Kier molecular flexibility index (Phi) is 8.79. The molecule has 3 aromatic carbocycles. The lowest BCUT2D eigenvalue weighted by Gasteiger charge is -2.13. The summed E-state index contributed by atoms with van der Waals surface area (Å²) >= 11 is 0. The first-order valence-corrected chi connectivity index (χ1v) is 13.3. The normalized spacial score (nSPS) is 11.0. The molecular weight excluding hydrogens is 476 g/mol. The highest BCUT2D eigenvalue weighted by Gasteiger charge is 2.15. The molecule has 0 radical (unpaired) electrons. The smallest absolute Gasteiger partial charge is 0.336 e. The molecule has 0 bridgehead atoms. The average molecular weight is 513 g/mol. The van der Waals surface area contributed by atoms with Crippen molar-refractivity contribution in [3.05, 3.63) is 83.2 Å². The number of carboxylic acids is 1. The van der Waals surface area contributed by atoms with E-state index in [4.69, 9.17) is 4.98 Å². The fourth-order valence-corrected chi connectivity index (χ4v) is 4.68. The number of carbonyl (C=O) groups excluding carboxylic acids is 1. The van der Waals surface area contributed by atoms with Gasteiger partial charge in [-0.05, 0) is 60.2 Å². The summed E-state index contributed by atoms with van der Waals surface area (Å²) in [6.07, 6.45) is 3.87. The molecular formula is C31H36N4O3. The highest BCUT2D eigenvalue weighted by molar-refractivity contribution is 5.96. The van der Waals surface area contributed by atoms with Crippen molar-refractivity contribution in [2.45, 2.75) is 53.0 Å². The van der Waals surface area contributed by atoms with E-state index in [1.807, 2.05) is 42.5 Å². The fourth-order valence-electron chi connectivity index (χ4n) is 4.68. The van der Waals surface area contributed by atoms with Gasteiger partial charge in [-0.3, -0.25) is 4.79 Å². The second kappa shape index (κ2) is 12.4. The zero-order valence-electron chi connectivity index (χ0n) is 22.4. The van der Waals surface area contributed by atoms with Crippen LogP contribution in [0.5, 0.6) is 0 Å². The number of rotatable bonds is 12. The number of aromatic nitrogens is 2. The highest BCUT2D eigenvalue weighted by Crippen LogP contribution is 2.28. The van der Waals surface area contributed by atoms with E-state index in [0.29, 0.717) is 24.2 Å². The largest absolute Gasteiger partial charge is 0.478 e. The molecule has 4 aromatic rings. The Balaban J connectivity index is 1.60. The quantitative estimate of drug-likeness (QED) is 0.201. The fraction of sp³-hybridized carbons (Fsp3) is 0.323. The second-order valence-corrected chi connectivity index (χ2v) is 9.63. The molecule has 198 valence electrons. The number of nitrogens with zero attached hydrogens (tertiary/aromatic N) is 2. The molecule has 0 aliphatic heterocycles. The maximum atomic E-state index is 12.2. The van der Waals surface area contributed by atoms with Gasteiger partial charge in [0.15, 0.2) is 0 Å². The Morgan fingerprint density at radius 2 is 1.76 bits per heavy atom. The van der Waals surface area contributed by atoms with Gasteiger partial charge in [-0.2, -0.15) is 0 Å². The van der Waals surface area contributed by atoms with Crippen molar-refractivity contribution in [3.8, 4) is 11.1 Å². The number of anilines is 1. The minimum absolute atomic E-state index is 0.0130. The summed E-state index contributed by atoms with van der Waals surface area (Å²) in [6.45, 7) is 7.87. The number of carboxylic acid groups (broad SMARTS) is 1. The van der Waals surface area contributed by atoms with Crippen molar-refractivity contribution < 1.29 is 14.7 Å². The predicted molar refractivity (Wildman–Crippen MR) is 153 cm³/mol. The van der Waals surface area contributed by atoms with Gasteiger partial charge in [-0.15, -0.1) is 0 Å². The summed E-state index contributed by atoms with van der Waals surface area (Å²) in [7, 11) is 0. The van der Waals surface area contributed by atoms with E-state index in [-0.39, 0.29) is 12.5 Å².